The highest BCUT2D eigenvalue weighted by Gasteiger charge is 2.20. The Kier molecular flexibility index (Phi) is 4.12. The van der Waals surface area contributed by atoms with Gasteiger partial charge < -0.3 is 5.32 Å². The molecule has 3 nitrogen and oxygen atoms in total. The van der Waals surface area contributed by atoms with Gasteiger partial charge in [-0.1, -0.05) is 23.7 Å². The molecule has 0 bridgehead atoms. The predicted molar refractivity (Wildman–Crippen MR) is 60.4 cm³/mol. The highest BCUT2D eigenvalue weighted by Crippen LogP contribution is 2.20. The molecule has 1 unspecified atom stereocenters. The van der Waals surface area contributed by atoms with Gasteiger partial charge in [0.2, 0.25) is 5.91 Å². The third kappa shape index (κ3) is 3.22. The monoisotopic (exact) mass is 245 g/mol. The molecule has 80 valence electrons. The molecule has 15 heavy (non-hydrogen) atoms. The Morgan fingerprint density at radius 1 is 1.33 bits per heavy atom. The molecule has 0 aliphatic carbocycles. The van der Waals surface area contributed by atoms with Crippen molar-refractivity contribution in [3.8, 4) is 0 Å². The standard InChI is InChI=1S/C10H9Cl2NO2/c1-6(14)9(12)10(15)13-8-5-3-2-4-7(8)11/h2-5,9H,1H3,(H,13,15). The van der Waals surface area contributed by atoms with Gasteiger partial charge >= 0.3 is 0 Å². The van der Waals surface area contributed by atoms with Gasteiger partial charge in [0.1, 0.15) is 0 Å². The Bertz CT molecular complexity index is 393. The number of hydrogen-bond donors (Lipinski definition) is 1. The molecule has 0 spiro atoms. The number of Topliss-reactive ketones (excluding diaryl/α,β-unsaturated/α-hetero) is 1. The molecule has 0 saturated heterocycles. The van der Waals surface area contributed by atoms with Crippen molar-refractivity contribution in [1.82, 2.24) is 0 Å². The number of anilines is 1. The molecule has 0 aliphatic rings. The van der Waals surface area contributed by atoms with E-state index in [0.29, 0.717) is 10.7 Å². The first-order valence-corrected chi connectivity index (χ1v) is 5.03. The molecule has 1 aromatic carbocycles. The summed E-state index contributed by atoms with van der Waals surface area (Å²) in [6.45, 7) is 1.25. The van der Waals surface area contributed by atoms with Crippen molar-refractivity contribution in [2.75, 3.05) is 5.32 Å². The van der Waals surface area contributed by atoms with Gasteiger partial charge in [-0.25, -0.2) is 0 Å². The van der Waals surface area contributed by atoms with Crippen molar-refractivity contribution in [2.45, 2.75) is 12.3 Å². The van der Waals surface area contributed by atoms with E-state index in [1.807, 2.05) is 0 Å². The van der Waals surface area contributed by atoms with Gasteiger partial charge in [0.25, 0.3) is 0 Å². The van der Waals surface area contributed by atoms with Crippen molar-refractivity contribution < 1.29 is 9.59 Å². The number of para-hydroxylation sites is 1. The second kappa shape index (κ2) is 5.14. The SMILES string of the molecule is CC(=O)C(Cl)C(=O)Nc1ccccc1Cl. The first-order valence-electron chi connectivity index (χ1n) is 4.22. The smallest absolute Gasteiger partial charge is 0.250 e. The Morgan fingerprint density at radius 3 is 2.47 bits per heavy atom. The third-order valence-electron chi connectivity index (χ3n) is 1.72. The van der Waals surface area contributed by atoms with E-state index >= 15 is 0 Å². The van der Waals surface area contributed by atoms with Crippen LogP contribution in [0.2, 0.25) is 5.02 Å². The fraction of sp³-hybridized carbons (Fsp3) is 0.200. The van der Waals surface area contributed by atoms with Crippen LogP contribution < -0.4 is 5.32 Å². The van der Waals surface area contributed by atoms with E-state index in [9.17, 15) is 9.59 Å². The molecule has 0 radical (unpaired) electrons. The molecular weight excluding hydrogens is 237 g/mol. The summed E-state index contributed by atoms with van der Waals surface area (Å²) in [5.41, 5.74) is 0.441. The van der Waals surface area contributed by atoms with E-state index in [4.69, 9.17) is 23.2 Å². The van der Waals surface area contributed by atoms with Crippen LogP contribution in [0.3, 0.4) is 0 Å². The highest BCUT2D eigenvalue weighted by atomic mass is 35.5. The van der Waals surface area contributed by atoms with Crippen molar-refractivity contribution in [1.29, 1.82) is 0 Å². The molecule has 0 aromatic heterocycles. The van der Waals surface area contributed by atoms with E-state index < -0.39 is 17.1 Å². The summed E-state index contributed by atoms with van der Waals surface area (Å²) in [6, 6.07) is 6.72. The van der Waals surface area contributed by atoms with Crippen LogP contribution in [0, 0.1) is 0 Å². The lowest BCUT2D eigenvalue weighted by Crippen LogP contribution is -2.28. The molecular formula is C10H9Cl2NO2. The molecule has 1 atom stereocenters. The van der Waals surface area contributed by atoms with E-state index in [1.54, 1.807) is 24.3 Å². The molecule has 5 heteroatoms. The van der Waals surface area contributed by atoms with Crippen LogP contribution in [0.4, 0.5) is 5.69 Å². The maximum Gasteiger partial charge on any atom is 0.250 e. The predicted octanol–water partition coefficient (Wildman–Crippen LogP) is 2.47. The number of ketones is 1. The van der Waals surface area contributed by atoms with Crippen LogP contribution in [0.1, 0.15) is 6.92 Å². The van der Waals surface area contributed by atoms with E-state index in [0.717, 1.165) is 0 Å². The number of rotatable bonds is 3. The topological polar surface area (TPSA) is 46.2 Å². The zero-order valence-electron chi connectivity index (χ0n) is 7.96. The Hall–Kier alpha value is -1.06. The lowest BCUT2D eigenvalue weighted by atomic mass is 10.2. The van der Waals surface area contributed by atoms with Gasteiger partial charge in [-0.15, -0.1) is 11.6 Å². The van der Waals surface area contributed by atoms with E-state index in [-0.39, 0.29) is 0 Å². The molecule has 1 aromatic rings. The Labute approximate surface area is 97.4 Å². The summed E-state index contributed by atoms with van der Waals surface area (Å²) in [4.78, 5) is 22.2. The minimum Gasteiger partial charge on any atom is -0.323 e. The van der Waals surface area contributed by atoms with Crippen molar-refractivity contribution >= 4 is 40.6 Å². The molecule has 1 N–H and O–H groups in total. The van der Waals surface area contributed by atoms with Crippen molar-refractivity contribution in [3.63, 3.8) is 0 Å². The number of carbonyl (C=O) groups excluding carboxylic acids is 2. The lowest BCUT2D eigenvalue weighted by molar-refractivity contribution is -0.123. The van der Waals surface area contributed by atoms with Crippen LogP contribution in [0.25, 0.3) is 0 Å². The second-order valence-electron chi connectivity index (χ2n) is 2.94. The van der Waals surface area contributed by atoms with Crippen LogP contribution in [-0.2, 0) is 9.59 Å². The summed E-state index contributed by atoms with van der Waals surface area (Å²) in [7, 11) is 0. The quantitative estimate of drug-likeness (QED) is 0.657. The van der Waals surface area contributed by atoms with Crippen LogP contribution in [0.15, 0.2) is 24.3 Å². The van der Waals surface area contributed by atoms with Gasteiger partial charge in [-0.3, -0.25) is 9.59 Å². The highest BCUT2D eigenvalue weighted by molar-refractivity contribution is 6.43. The van der Waals surface area contributed by atoms with Gasteiger partial charge in [0, 0.05) is 0 Å². The normalized spacial score (nSPS) is 11.9. The number of nitrogens with one attached hydrogen (secondary N) is 1. The first-order chi connectivity index (χ1) is 7.02. The number of halogens is 2. The number of alkyl halides is 1. The number of hydrogen-bond acceptors (Lipinski definition) is 2. The molecule has 0 saturated carbocycles. The summed E-state index contributed by atoms with van der Waals surface area (Å²) in [5.74, 6) is -0.974. The maximum atomic E-state index is 11.4. The minimum absolute atomic E-state index is 0.401. The minimum atomic E-state index is -1.18. The number of carbonyl (C=O) groups is 2. The molecule has 1 rings (SSSR count). The summed E-state index contributed by atoms with van der Waals surface area (Å²) >= 11 is 11.4. The molecule has 0 aliphatic heterocycles. The Morgan fingerprint density at radius 2 is 1.93 bits per heavy atom. The van der Waals surface area contributed by atoms with Crippen LogP contribution in [0.5, 0.6) is 0 Å². The average Bonchev–Trinajstić information content (AvgIpc) is 2.20. The van der Waals surface area contributed by atoms with E-state index in [1.165, 1.54) is 6.92 Å². The first kappa shape index (κ1) is 12.0. The maximum absolute atomic E-state index is 11.4. The molecule has 1 amide bonds. The van der Waals surface area contributed by atoms with Gasteiger partial charge in [-0.05, 0) is 19.1 Å². The van der Waals surface area contributed by atoms with Crippen LogP contribution in [-0.4, -0.2) is 17.1 Å². The van der Waals surface area contributed by atoms with Gasteiger partial charge in [0.05, 0.1) is 10.7 Å². The fourth-order valence-corrected chi connectivity index (χ4v) is 1.18. The molecule has 0 heterocycles. The summed E-state index contributed by atoms with van der Waals surface area (Å²) < 4.78 is 0. The van der Waals surface area contributed by atoms with Gasteiger partial charge in [0.15, 0.2) is 11.2 Å². The zero-order valence-corrected chi connectivity index (χ0v) is 9.47. The Balaban J connectivity index is 2.75. The van der Waals surface area contributed by atoms with Crippen LogP contribution >= 0.6 is 23.2 Å². The lowest BCUT2D eigenvalue weighted by Gasteiger charge is -2.08. The molecule has 0 fully saturated rings. The number of amides is 1. The van der Waals surface area contributed by atoms with E-state index in [2.05, 4.69) is 5.32 Å². The van der Waals surface area contributed by atoms with Crippen molar-refractivity contribution in [3.05, 3.63) is 29.3 Å². The second-order valence-corrected chi connectivity index (χ2v) is 3.79. The average molecular weight is 246 g/mol. The third-order valence-corrected chi connectivity index (χ3v) is 2.55. The zero-order chi connectivity index (χ0) is 11.4. The number of benzene rings is 1. The largest absolute Gasteiger partial charge is 0.323 e. The summed E-state index contributed by atoms with van der Waals surface area (Å²) in [6.07, 6.45) is 0. The fourth-order valence-electron chi connectivity index (χ4n) is 0.943. The van der Waals surface area contributed by atoms with Gasteiger partial charge in [-0.2, -0.15) is 0 Å². The summed E-state index contributed by atoms with van der Waals surface area (Å²) in [5, 5.41) is 1.69. The van der Waals surface area contributed by atoms with Crippen molar-refractivity contribution in [2.24, 2.45) is 0 Å².